The van der Waals surface area contributed by atoms with Gasteiger partial charge in [-0.1, -0.05) is 0 Å². The zero-order chi connectivity index (χ0) is 14.1. The quantitative estimate of drug-likeness (QED) is 0.405. The Balaban J connectivity index is 2.36. The second-order valence-corrected chi connectivity index (χ2v) is 3.62. The van der Waals surface area contributed by atoms with E-state index in [1.165, 1.54) is 12.1 Å². The maximum atomic E-state index is 10.7. The highest BCUT2D eigenvalue weighted by Gasteiger charge is 2.16. The number of hydrogen-bond acceptors (Lipinski definition) is 7. The number of nitrogens with two attached hydrogens (primary N) is 1. The lowest BCUT2D eigenvalue weighted by Crippen LogP contribution is -2.10. The molecule has 0 aliphatic rings. The van der Waals surface area contributed by atoms with Gasteiger partial charge in [0, 0.05) is 26.4 Å². The predicted octanol–water partition coefficient (Wildman–Crippen LogP) is 1.00. The highest BCUT2D eigenvalue weighted by molar-refractivity contribution is 5.46. The Morgan fingerprint density at radius 1 is 1.32 bits per heavy atom. The number of nitro groups is 1. The Labute approximate surface area is 110 Å². The summed E-state index contributed by atoms with van der Waals surface area (Å²) >= 11 is 0. The Morgan fingerprint density at radius 3 is 2.79 bits per heavy atom. The fourth-order valence-electron chi connectivity index (χ4n) is 1.30. The van der Waals surface area contributed by atoms with Gasteiger partial charge in [-0.15, -0.1) is 0 Å². The maximum absolute atomic E-state index is 10.7. The van der Waals surface area contributed by atoms with Crippen LogP contribution < -0.4 is 10.5 Å². The zero-order valence-electron chi connectivity index (χ0n) is 10.7. The summed E-state index contributed by atoms with van der Waals surface area (Å²) in [5.41, 5.74) is 5.24. The number of anilines is 1. The molecule has 0 fully saturated rings. The van der Waals surface area contributed by atoms with E-state index in [1.807, 2.05) is 0 Å². The standard InChI is InChI=1S/C11H17N3O5/c1-17-5-2-6-18-7-8-19-11-9(14(15)16)3-4-10(12)13-11/h3-4H,2,5-8H2,1H3,(H2,12,13). The normalized spacial score (nSPS) is 10.4. The molecule has 0 amide bonds. The van der Waals surface area contributed by atoms with Crippen molar-refractivity contribution in [1.29, 1.82) is 0 Å². The largest absolute Gasteiger partial charge is 0.470 e. The Morgan fingerprint density at radius 2 is 2.11 bits per heavy atom. The van der Waals surface area contributed by atoms with Gasteiger partial charge in [-0.25, -0.2) is 0 Å². The van der Waals surface area contributed by atoms with Crippen LogP contribution >= 0.6 is 0 Å². The Bertz CT molecular complexity index is 413. The second-order valence-electron chi connectivity index (χ2n) is 3.62. The predicted molar refractivity (Wildman–Crippen MR) is 68.1 cm³/mol. The van der Waals surface area contributed by atoms with E-state index in [1.54, 1.807) is 7.11 Å². The molecule has 0 bridgehead atoms. The van der Waals surface area contributed by atoms with Crippen LogP contribution in [0.2, 0.25) is 0 Å². The Kier molecular flexibility index (Phi) is 6.55. The number of nitrogen functional groups attached to an aromatic ring is 1. The van der Waals surface area contributed by atoms with E-state index in [2.05, 4.69) is 4.98 Å². The molecule has 19 heavy (non-hydrogen) atoms. The minimum atomic E-state index is -0.568. The zero-order valence-corrected chi connectivity index (χ0v) is 10.7. The summed E-state index contributed by atoms with van der Waals surface area (Å²) in [5, 5.41) is 10.7. The molecule has 106 valence electrons. The van der Waals surface area contributed by atoms with Gasteiger partial charge in [-0.05, 0) is 12.5 Å². The average molecular weight is 271 g/mol. The van der Waals surface area contributed by atoms with Crippen LogP contribution in [-0.2, 0) is 9.47 Å². The van der Waals surface area contributed by atoms with Crippen LogP contribution in [0.3, 0.4) is 0 Å². The molecule has 8 heteroatoms. The van der Waals surface area contributed by atoms with Crippen molar-refractivity contribution in [2.75, 3.05) is 39.3 Å². The second kappa shape index (κ2) is 8.22. The molecule has 1 rings (SSSR count). The molecule has 0 aromatic carbocycles. The molecule has 0 saturated carbocycles. The molecule has 0 atom stereocenters. The van der Waals surface area contributed by atoms with Gasteiger partial charge >= 0.3 is 5.69 Å². The van der Waals surface area contributed by atoms with Crippen LogP contribution in [0.25, 0.3) is 0 Å². The molecule has 8 nitrogen and oxygen atoms in total. The summed E-state index contributed by atoms with van der Waals surface area (Å²) < 4.78 is 15.3. The number of ether oxygens (including phenoxy) is 3. The summed E-state index contributed by atoms with van der Waals surface area (Å²) in [6, 6.07) is 2.61. The number of nitrogens with zero attached hydrogens (tertiary/aromatic N) is 2. The smallest absolute Gasteiger partial charge is 0.331 e. The highest BCUT2D eigenvalue weighted by Crippen LogP contribution is 2.24. The summed E-state index contributed by atoms with van der Waals surface area (Å²) in [7, 11) is 1.62. The SMILES string of the molecule is COCCCOCCOc1nc(N)ccc1[N+](=O)[O-]. The lowest BCUT2D eigenvalue weighted by atomic mass is 10.4. The highest BCUT2D eigenvalue weighted by atomic mass is 16.6. The topological polar surface area (TPSA) is 110 Å². The molecule has 0 aliphatic heterocycles. The van der Waals surface area contributed by atoms with Crippen molar-refractivity contribution < 1.29 is 19.1 Å². The van der Waals surface area contributed by atoms with E-state index in [0.29, 0.717) is 19.8 Å². The van der Waals surface area contributed by atoms with E-state index < -0.39 is 4.92 Å². The lowest BCUT2D eigenvalue weighted by Gasteiger charge is -2.07. The van der Waals surface area contributed by atoms with Crippen molar-refractivity contribution in [3.8, 4) is 5.88 Å². The number of rotatable bonds is 9. The lowest BCUT2D eigenvalue weighted by molar-refractivity contribution is -0.386. The van der Waals surface area contributed by atoms with Crippen molar-refractivity contribution in [3.05, 3.63) is 22.2 Å². The van der Waals surface area contributed by atoms with Crippen molar-refractivity contribution in [2.24, 2.45) is 0 Å². The summed E-state index contributed by atoms with van der Waals surface area (Å²) in [5.74, 6) is 0.0760. The molecule has 0 spiro atoms. The van der Waals surface area contributed by atoms with Gasteiger partial charge in [-0.2, -0.15) is 4.98 Å². The van der Waals surface area contributed by atoms with Crippen LogP contribution in [0.4, 0.5) is 11.5 Å². The molecule has 2 N–H and O–H groups in total. The van der Waals surface area contributed by atoms with Crippen LogP contribution in [-0.4, -0.2) is 43.4 Å². The van der Waals surface area contributed by atoms with Crippen LogP contribution in [0, 0.1) is 10.1 Å². The third-order valence-corrected chi connectivity index (χ3v) is 2.16. The molecule has 0 unspecified atom stereocenters. The van der Waals surface area contributed by atoms with Crippen molar-refractivity contribution in [2.45, 2.75) is 6.42 Å². The molecule has 0 radical (unpaired) electrons. The molecular weight excluding hydrogens is 254 g/mol. The fraction of sp³-hybridized carbons (Fsp3) is 0.545. The first-order valence-corrected chi connectivity index (χ1v) is 5.75. The van der Waals surface area contributed by atoms with E-state index in [0.717, 1.165) is 6.42 Å². The van der Waals surface area contributed by atoms with E-state index >= 15 is 0 Å². The van der Waals surface area contributed by atoms with Crippen LogP contribution in [0.1, 0.15) is 6.42 Å². The average Bonchev–Trinajstić information content (AvgIpc) is 2.37. The van der Waals surface area contributed by atoms with Crippen LogP contribution in [0.5, 0.6) is 5.88 Å². The van der Waals surface area contributed by atoms with Gasteiger partial charge in [0.05, 0.1) is 11.5 Å². The summed E-state index contributed by atoms with van der Waals surface area (Å²) in [6.45, 7) is 1.66. The third-order valence-electron chi connectivity index (χ3n) is 2.16. The van der Waals surface area contributed by atoms with Crippen LogP contribution in [0.15, 0.2) is 12.1 Å². The minimum absolute atomic E-state index is 0.0921. The summed E-state index contributed by atoms with van der Waals surface area (Å²) in [6.07, 6.45) is 0.785. The number of hydrogen-bond donors (Lipinski definition) is 1. The van der Waals surface area contributed by atoms with E-state index in [9.17, 15) is 10.1 Å². The number of pyridine rings is 1. The Hall–Kier alpha value is -1.93. The number of aromatic nitrogens is 1. The van der Waals surface area contributed by atoms with Gasteiger partial charge in [0.25, 0.3) is 5.88 Å². The first kappa shape index (κ1) is 15.1. The molecule has 1 aromatic heterocycles. The van der Waals surface area contributed by atoms with Gasteiger partial charge in [0.15, 0.2) is 0 Å². The fourth-order valence-corrected chi connectivity index (χ4v) is 1.30. The first-order chi connectivity index (χ1) is 9.15. The third kappa shape index (κ3) is 5.49. The van der Waals surface area contributed by atoms with E-state index in [-0.39, 0.29) is 24.0 Å². The summed E-state index contributed by atoms with van der Waals surface area (Å²) in [4.78, 5) is 14.0. The molecular formula is C11H17N3O5. The maximum Gasteiger partial charge on any atom is 0.331 e. The van der Waals surface area contributed by atoms with Crippen molar-refractivity contribution >= 4 is 11.5 Å². The van der Waals surface area contributed by atoms with Gasteiger partial charge in [0.1, 0.15) is 12.4 Å². The van der Waals surface area contributed by atoms with Crippen molar-refractivity contribution in [3.63, 3.8) is 0 Å². The first-order valence-electron chi connectivity index (χ1n) is 5.75. The van der Waals surface area contributed by atoms with Gasteiger partial charge in [-0.3, -0.25) is 10.1 Å². The monoisotopic (exact) mass is 271 g/mol. The van der Waals surface area contributed by atoms with Crippen molar-refractivity contribution in [1.82, 2.24) is 4.98 Å². The van der Waals surface area contributed by atoms with E-state index in [4.69, 9.17) is 19.9 Å². The number of methoxy groups -OCH3 is 1. The molecule has 1 aromatic rings. The van der Waals surface area contributed by atoms with Gasteiger partial charge in [0.2, 0.25) is 0 Å². The van der Waals surface area contributed by atoms with Gasteiger partial charge < -0.3 is 19.9 Å². The molecule has 1 heterocycles. The molecule has 0 saturated heterocycles. The minimum Gasteiger partial charge on any atom is -0.470 e. The molecule has 0 aliphatic carbocycles.